The van der Waals surface area contributed by atoms with E-state index >= 15 is 0 Å². The van der Waals surface area contributed by atoms with E-state index in [1.165, 1.54) is 0 Å². The molecule has 1 aliphatic rings. The summed E-state index contributed by atoms with van der Waals surface area (Å²) in [5, 5.41) is 6.16. The van der Waals surface area contributed by atoms with E-state index in [1.807, 2.05) is 13.2 Å². The summed E-state index contributed by atoms with van der Waals surface area (Å²) in [5.41, 5.74) is 1.16. The van der Waals surface area contributed by atoms with Crippen molar-refractivity contribution in [1.29, 1.82) is 0 Å². The standard InChI is InChI=1S/C9H16N2O/c1-10-6-7-12-8-9-4-2-3-5-11-9/h3-5,10-11H,2,6-8H2,1H3. The van der Waals surface area contributed by atoms with E-state index in [9.17, 15) is 0 Å². The van der Waals surface area contributed by atoms with E-state index in [4.69, 9.17) is 4.74 Å². The van der Waals surface area contributed by atoms with Crippen LogP contribution in [0.3, 0.4) is 0 Å². The predicted octanol–water partition coefficient (Wildman–Crippen LogP) is 0.613. The van der Waals surface area contributed by atoms with Crippen molar-refractivity contribution < 1.29 is 4.74 Å². The normalized spacial score (nSPS) is 15.6. The third-order valence-corrected chi connectivity index (χ3v) is 1.64. The molecule has 0 aromatic rings. The van der Waals surface area contributed by atoms with Crippen LogP contribution >= 0.6 is 0 Å². The fraction of sp³-hybridized carbons (Fsp3) is 0.556. The summed E-state index contributed by atoms with van der Waals surface area (Å²) in [4.78, 5) is 0. The molecule has 0 bridgehead atoms. The highest BCUT2D eigenvalue weighted by Gasteiger charge is 1.96. The van der Waals surface area contributed by atoms with Crippen molar-refractivity contribution >= 4 is 0 Å². The first kappa shape index (κ1) is 9.29. The Bertz CT molecular complexity index is 175. The highest BCUT2D eigenvalue weighted by atomic mass is 16.5. The second-order valence-corrected chi connectivity index (χ2v) is 2.67. The predicted molar refractivity (Wildman–Crippen MR) is 49.7 cm³/mol. The van der Waals surface area contributed by atoms with E-state index in [-0.39, 0.29) is 0 Å². The van der Waals surface area contributed by atoms with E-state index < -0.39 is 0 Å². The minimum atomic E-state index is 0.687. The minimum absolute atomic E-state index is 0.687. The zero-order valence-electron chi connectivity index (χ0n) is 7.47. The molecule has 0 aromatic carbocycles. The van der Waals surface area contributed by atoms with E-state index in [2.05, 4.69) is 22.8 Å². The number of hydrogen-bond donors (Lipinski definition) is 2. The van der Waals surface area contributed by atoms with Gasteiger partial charge in [0.1, 0.15) is 0 Å². The molecule has 0 saturated carbocycles. The molecule has 0 spiro atoms. The maximum atomic E-state index is 5.39. The fourth-order valence-electron chi connectivity index (χ4n) is 0.960. The van der Waals surface area contributed by atoms with Crippen LogP contribution in [0.4, 0.5) is 0 Å². The Kier molecular flexibility index (Phi) is 4.49. The van der Waals surface area contributed by atoms with Gasteiger partial charge in [-0.05, 0) is 19.7 Å². The molecule has 0 unspecified atom stereocenters. The van der Waals surface area contributed by atoms with Gasteiger partial charge in [-0.3, -0.25) is 0 Å². The van der Waals surface area contributed by atoms with Crippen LogP contribution in [0.15, 0.2) is 24.0 Å². The summed E-state index contributed by atoms with van der Waals surface area (Å²) >= 11 is 0. The maximum absolute atomic E-state index is 5.39. The number of likely N-dealkylation sites (N-methyl/N-ethyl adjacent to an activating group) is 1. The minimum Gasteiger partial charge on any atom is -0.374 e. The summed E-state index contributed by atoms with van der Waals surface area (Å²) in [6, 6.07) is 0. The first-order valence-corrected chi connectivity index (χ1v) is 4.26. The van der Waals surface area contributed by atoms with Gasteiger partial charge < -0.3 is 15.4 Å². The van der Waals surface area contributed by atoms with Crippen molar-refractivity contribution in [3.05, 3.63) is 24.0 Å². The molecule has 0 amide bonds. The first-order valence-electron chi connectivity index (χ1n) is 4.26. The van der Waals surface area contributed by atoms with Crippen molar-refractivity contribution in [3.8, 4) is 0 Å². The second-order valence-electron chi connectivity index (χ2n) is 2.67. The van der Waals surface area contributed by atoms with Crippen molar-refractivity contribution in [2.45, 2.75) is 6.42 Å². The molecule has 3 nitrogen and oxygen atoms in total. The van der Waals surface area contributed by atoms with Gasteiger partial charge in [0.05, 0.1) is 13.2 Å². The SMILES string of the molecule is CNCCOCC1=CCC=CN1. The lowest BCUT2D eigenvalue weighted by atomic mass is 10.3. The molecule has 1 heterocycles. The number of nitrogens with one attached hydrogen (secondary N) is 2. The van der Waals surface area contributed by atoms with Crippen LogP contribution in [0.25, 0.3) is 0 Å². The van der Waals surface area contributed by atoms with Gasteiger partial charge >= 0.3 is 0 Å². The highest BCUT2D eigenvalue weighted by Crippen LogP contribution is 1.99. The smallest absolute Gasteiger partial charge is 0.0863 e. The molecule has 0 radical (unpaired) electrons. The Morgan fingerprint density at radius 1 is 1.67 bits per heavy atom. The molecule has 0 aromatic heterocycles. The number of dihydropyridines is 1. The fourth-order valence-corrected chi connectivity index (χ4v) is 0.960. The third-order valence-electron chi connectivity index (χ3n) is 1.64. The van der Waals surface area contributed by atoms with Crippen molar-refractivity contribution in [2.75, 3.05) is 26.8 Å². The molecule has 2 N–H and O–H groups in total. The summed E-state index contributed by atoms with van der Waals surface area (Å²) in [6.45, 7) is 2.36. The van der Waals surface area contributed by atoms with Crippen LogP contribution in [0.1, 0.15) is 6.42 Å². The largest absolute Gasteiger partial charge is 0.374 e. The van der Waals surface area contributed by atoms with Crippen LogP contribution < -0.4 is 10.6 Å². The van der Waals surface area contributed by atoms with Gasteiger partial charge in [0.15, 0.2) is 0 Å². The van der Waals surface area contributed by atoms with Crippen molar-refractivity contribution in [2.24, 2.45) is 0 Å². The Labute approximate surface area is 73.5 Å². The van der Waals surface area contributed by atoms with Gasteiger partial charge in [-0.1, -0.05) is 12.2 Å². The average Bonchev–Trinajstić information content (AvgIpc) is 2.14. The van der Waals surface area contributed by atoms with Gasteiger partial charge in [-0.25, -0.2) is 0 Å². The Morgan fingerprint density at radius 2 is 2.58 bits per heavy atom. The molecule has 0 fully saturated rings. The second kappa shape index (κ2) is 5.80. The summed E-state index contributed by atoms with van der Waals surface area (Å²) in [7, 11) is 1.92. The van der Waals surface area contributed by atoms with Gasteiger partial charge in [0, 0.05) is 12.2 Å². The monoisotopic (exact) mass is 168 g/mol. The first-order chi connectivity index (χ1) is 5.93. The van der Waals surface area contributed by atoms with E-state index in [0.29, 0.717) is 6.61 Å². The zero-order chi connectivity index (χ0) is 8.65. The Morgan fingerprint density at radius 3 is 3.25 bits per heavy atom. The lowest BCUT2D eigenvalue weighted by Gasteiger charge is -2.10. The molecule has 0 aliphatic carbocycles. The maximum Gasteiger partial charge on any atom is 0.0863 e. The molecule has 0 atom stereocenters. The summed E-state index contributed by atoms with van der Waals surface area (Å²) in [6.07, 6.45) is 7.19. The summed E-state index contributed by atoms with van der Waals surface area (Å²) in [5.74, 6) is 0. The highest BCUT2D eigenvalue weighted by molar-refractivity contribution is 5.11. The van der Waals surface area contributed by atoms with Crippen LogP contribution in [0.2, 0.25) is 0 Å². The molecule has 1 rings (SSSR count). The summed E-state index contributed by atoms with van der Waals surface area (Å²) < 4.78 is 5.39. The molecular weight excluding hydrogens is 152 g/mol. The van der Waals surface area contributed by atoms with E-state index in [1.54, 1.807) is 0 Å². The van der Waals surface area contributed by atoms with Crippen LogP contribution in [0.5, 0.6) is 0 Å². The molecule has 3 heteroatoms. The lowest BCUT2D eigenvalue weighted by molar-refractivity contribution is 0.156. The Balaban J connectivity index is 2.03. The quantitative estimate of drug-likeness (QED) is 0.590. The lowest BCUT2D eigenvalue weighted by Crippen LogP contribution is -2.18. The molecular formula is C9H16N2O. The molecule has 12 heavy (non-hydrogen) atoms. The molecule has 1 aliphatic heterocycles. The molecule has 0 saturated heterocycles. The average molecular weight is 168 g/mol. The van der Waals surface area contributed by atoms with Gasteiger partial charge in [0.25, 0.3) is 0 Å². The topological polar surface area (TPSA) is 33.3 Å². The molecule has 68 valence electrons. The van der Waals surface area contributed by atoms with E-state index in [0.717, 1.165) is 25.3 Å². The van der Waals surface area contributed by atoms with Gasteiger partial charge in [-0.15, -0.1) is 0 Å². The van der Waals surface area contributed by atoms with Crippen LogP contribution in [0, 0.1) is 0 Å². The van der Waals surface area contributed by atoms with Crippen molar-refractivity contribution in [3.63, 3.8) is 0 Å². The Hall–Kier alpha value is -0.800. The van der Waals surface area contributed by atoms with Gasteiger partial charge in [-0.2, -0.15) is 0 Å². The van der Waals surface area contributed by atoms with Gasteiger partial charge in [0.2, 0.25) is 0 Å². The third kappa shape index (κ3) is 3.55. The number of allylic oxidation sites excluding steroid dienone is 2. The van der Waals surface area contributed by atoms with Crippen LogP contribution in [-0.2, 0) is 4.74 Å². The van der Waals surface area contributed by atoms with Crippen LogP contribution in [-0.4, -0.2) is 26.8 Å². The van der Waals surface area contributed by atoms with Crippen molar-refractivity contribution in [1.82, 2.24) is 10.6 Å². The zero-order valence-corrected chi connectivity index (χ0v) is 7.47. The number of ether oxygens (including phenoxy) is 1. The number of hydrogen-bond acceptors (Lipinski definition) is 3. The number of rotatable bonds is 5.